The topological polar surface area (TPSA) is 91.2 Å². The van der Waals surface area contributed by atoms with Crippen molar-refractivity contribution >= 4 is 16.8 Å². The number of para-hydroxylation sites is 1. The minimum atomic E-state index is -0.399. The third-order valence-corrected chi connectivity index (χ3v) is 3.10. The first kappa shape index (κ1) is 13.3. The van der Waals surface area contributed by atoms with E-state index in [1.54, 1.807) is 7.11 Å². The molecule has 1 aromatic heterocycles. The number of pyridine rings is 1. The maximum Gasteiger partial charge on any atom is 0.222 e. The van der Waals surface area contributed by atoms with E-state index in [4.69, 9.17) is 16.2 Å². The number of hydrogen-bond donors (Lipinski definition) is 2. The fraction of sp³-hybridized carbons (Fsp3) is 0.286. The number of aromatic nitrogens is 1. The summed E-state index contributed by atoms with van der Waals surface area (Å²) in [5.74, 6) is -0.0770. The number of amides is 1. The van der Waals surface area contributed by atoms with Crippen LogP contribution in [0.15, 0.2) is 30.3 Å². The highest BCUT2D eigenvalue weighted by Crippen LogP contribution is 2.24. The van der Waals surface area contributed by atoms with Gasteiger partial charge < -0.3 is 16.2 Å². The Kier molecular flexibility index (Phi) is 3.97. The molecule has 1 amide bonds. The number of ether oxygens (including phenoxy) is 1. The Bertz CT molecular complexity index is 598. The molecule has 1 unspecified atom stereocenters. The SMILES string of the molecule is COc1cccc2ccc(CC(CN)C(N)=O)nc12. The monoisotopic (exact) mass is 259 g/mol. The molecule has 0 fully saturated rings. The van der Waals surface area contributed by atoms with Crippen molar-refractivity contribution in [1.82, 2.24) is 4.98 Å². The van der Waals surface area contributed by atoms with Gasteiger partial charge in [-0.3, -0.25) is 4.79 Å². The van der Waals surface area contributed by atoms with Crippen LogP contribution < -0.4 is 16.2 Å². The number of nitrogens with two attached hydrogens (primary N) is 2. The second-order valence-electron chi connectivity index (χ2n) is 4.37. The Hall–Kier alpha value is -2.14. The van der Waals surface area contributed by atoms with Crippen molar-refractivity contribution in [3.8, 4) is 5.75 Å². The molecule has 0 spiro atoms. The van der Waals surface area contributed by atoms with Gasteiger partial charge in [-0.15, -0.1) is 0 Å². The van der Waals surface area contributed by atoms with Gasteiger partial charge in [0.1, 0.15) is 11.3 Å². The molecule has 2 rings (SSSR count). The van der Waals surface area contributed by atoms with Crippen LogP contribution in [0.2, 0.25) is 0 Å². The first-order chi connectivity index (χ1) is 9.15. The molecule has 100 valence electrons. The molecule has 0 aliphatic rings. The van der Waals surface area contributed by atoms with Gasteiger partial charge in [0.15, 0.2) is 0 Å². The zero-order valence-corrected chi connectivity index (χ0v) is 10.8. The van der Waals surface area contributed by atoms with E-state index >= 15 is 0 Å². The van der Waals surface area contributed by atoms with E-state index in [9.17, 15) is 4.79 Å². The lowest BCUT2D eigenvalue weighted by atomic mass is 10.0. The highest BCUT2D eigenvalue weighted by Gasteiger charge is 2.15. The molecule has 0 saturated heterocycles. The molecule has 1 atom stereocenters. The average molecular weight is 259 g/mol. The van der Waals surface area contributed by atoms with Crippen LogP contribution in [0.4, 0.5) is 0 Å². The first-order valence-corrected chi connectivity index (χ1v) is 6.07. The van der Waals surface area contributed by atoms with Crippen molar-refractivity contribution in [3.05, 3.63) is 36.0 Å². The van der Waals surface area contributed by atoms with Crippen molar-refractivity contribution in [2.45, 2.75) is 6.42 Å². The van der Waals surface area contributed by atoms with Gasteiger partial charge in [-0.25, -0.2) is 4.98 Å². The van der Waals surface area contributed by atoms with Crippen LogP contribution in [0.3, 0.4) is 0 Å². The first-order valence-electron chi connectivity index (χ1n) is 6.07. The lowest BCUT2D eigenvalue weighted by Gasteiger charge is -2.11. The molecule has 0 bridgehead atoms. The summed E-state index contributed by atoms with van der Waals surface area (Å²) in [5.41, 5.74) is 12.4. The van der Waals surface area contributed by atoms with E-state index in [1.165, 1.54) is 0 Å². The number of carbonyl (C=O) groups is 1. The molecule has 0 aliphatic carbocycles. The molecule has 5 nitrogen and oxygen atoms in total. The van der Waals surface area contributed by atoms with Gasteiger partial charge in [0.05, 0.1) is 13.0 Å². The van der Waals surface area contributed by atoms with Crippen LogP contribution in [0.25, 0.3) is 10.9 Å². The molecular weight excluding hydrogens is 242 g/mol. The Labute approximate surface area is 111 Å². The predicted molar refractivity (Wildman–Crippen MR) is 73.7 cm³/mol. The predicted octanol–water partition coefficient (Wildman–Crippen LogP) is 0.846. The largest absolute Gasteiger partial charge is 0.494 e. The summed E-state index contributed by atoms with van der Waals surface area (Å²) >= 11 is 0. The van der Waals surface area contributed by atoms with E-state index in [0.717, 1.165) is 16.6 Å². The maximum absolute atomic E-state index is 11.2. The summed E-state index contributed by atoms with van der Waals surface area (Å²) < 4.78 is 5.28. The second kappa shape index (κ2) is 5.67. The number of carbonyl (C=O) groups excluding carboxylic acids is 1. The van der Waals surface area contributed by atoms with Gasteiger partial charge >= 0.3 is 0 Å². The van der Waals surface area contributed by atoms with E-state index < -0.39 is 5.91 Å². The number of benzene rings is 1. The Balaban J connectivity index is 2.37. The molecule has 1 aromatic carbocycles. The quantitative estimate of drug-likeness (QED) is 0.832. The van der Waals surface area contributed by atoms with Crippen molar-refractivity contribution in [3.63, 3.8) is 0 Å². The third kappa shape index (κ3) is 2.82. The van der Waals surface area contributed by atoms with E-state index in [2.05, 4.69) is 4.98 Å². The van der Waals surface area contributed by atoms with Crippen LogP contribution in [-0.2, 0) is 11.2 Å². The van der Waals surface area contributed by atoms with Crippen molar-refractivity contribution in [1.29, 1.82) is 0 Å². The average Bonchev–Trinajstić information content (AvgIpc) is 2.43. The fourth-order valence-corrected chi connectivity index (χ4v) is 1.99. The molecule has 2 aromatic rings. The van der Waals surface area contributed by atoms with Crippen molar-refractivity contribution in [2.24, 2.45) is 17.4 Å². The zero-order chi connectivity index (χ0) is 13.8. The standard InChI is InChI=1S/C14H17N3O2/c1-19-12-4-2-3-9-5-6-11(17-13(9)12)7-10(8-15)14(16)18/h2-6,10H,7-8,15H2,1H3,(H2,16,18). The Morgan fingerprint density at radius 2 is 2.16 bits per heavy atom. The highest BCUT2D eigenvalue weighted by atomic mass is 16.5. The molecular formula is C14H17N3O2. The number of rotatable bonds is 5. The van der Waals surface area contributed by atoms with Crippen LogP contribution in [0, 0.1) is 5.92 Å². The summed E-state index contributed by atoms with van der Waals surface area (Å²) in [6, 6.07) is 9.56. The molecule has 0 radical (unpaired) electrons. The van der Waals surface area contributed by atoms with Gasteiger partial charge in [0.25, 0.3) is 0 Å². The van der Waals surface area contributed by atoms with Crippen molar-refractivity contribution in [2.75, 3.05) is 13.7 Å². The lowest BCUT2D eigenvalue weighted by molar-refractivity contribution is -0.121. The van der Waals surface area contributed by atoms with Crippen LogP contribution in [0.1, 0.15) is 5.69 Å². The van der Waals surface area contributed by atoms with Gasteiger partial charge in [-0.1, -0.05) is 18.2 Å². The normalized spacial score (nSPS) is 12.3. The minimum Gasteiger partial charge on any atom is -0.494 e. The van der Waals surface area contributed by atoms with Gasteiger partial charge in [0.2, 0.25) is 5.91 Å². The smallest absolute Gasteiger partial charge is 0.222 e. The molecule has 4 N–H and O–H groups in total. The lowest BCUT2D eigenvalue weighted by Crippen LogP contribution is -2.31. The summed E-state index contributed by atoms with van der Waals surface area (Å²) in [6.45, 7) is 0.223. The summed E-state index contributed by atoms with van der Waals surface area (Å²) in [4.78, 5) is 15.7. The maximum atomic E-state index is 11.2. The Morgan fingerprint density at radius 1 is 1.37 bits per heavy atom. The van der Waals surface area contributed by atoms with Crippen LogP contribution in [-0.4, -0.2) is 24.5 Å². The number of hydrogen-bond acceptors (Lipinski definition) is 4. The van der Waals surface area contributed by atoms with Crippen molar-refractivity contribution < 1.29 is 9.53 Å². The highest BCUT2D eigenvalue weighted by molar-refractivity contribution is 5.84. The van der Waals surface area contributed by atoms with Gasteiger partial charge in [-0.2, -0.15) is 0 Å². The summed E-state index contributed by atoms with van der Waals surface area (Å²) in [5, 5.41) is 0.992. The van der Waals surface area contributed by atoms with Gasteiger partial charge in [0, 0.05) is 24.0 Å². The van der Waals surface area contributed by atoms with E-state index in [0.29, 0.717) is 12.2 Å². The molecule has 19 heavy (non-hydrogen) atoms. The minimum absolute atomic E-state index is 0.223. The zero-order valence-electron chi connectivity index (χ0n) is 10.8. The molecule has 5 heteroatoms. The number of nitrogens with zero attached hydrogens (tertiary/aromatic N) is 1. The molecule has 0 aliphatic heterocycles. The van der Waals surface area contributed by atoms with Crippen LogP contribution in [0.5, 0.6) is 5.75 Å². The van der Waals surface area contributed by atoms with E-state index in [-0.39, 0.29) is 12.5 Å². The second-order valence-corrected chi connectivity index (χ2v) is 4.37. The van der Waals surface area contributed by atoms with Crippen LogP contribution >= 0.6 is 0 Å². The Morgan fingerprint density at radius 3 is 2.79 bits per heavy atom. The number of primary amides is 1. The summed E-state index contributed by atoms with van der Waals surface area (Å²) in [6.07, 6.45) is 0.444. The van der Waals surface area contributed by atoms with E-state index in [1.807, 2.05) is 30.3 Å². The number of fused-ring (bicyclic) bond motifs is 1. The fourth-order valence-electron chi connectivity index (χ4n) is 1.99. The third-order valence-electron chi connectivity index (χ3n) is 3.10. The summed E-state index contributed by atoms with van der Waals surface area (Å²) in [7, 11) is 1.61. The molecule has 1 heterocycles. The van der Waals surface area contributed by atoms with Gasteiger partial charge in [-0.05, 0) is 12.1 Å². The molecule has 0 saturated carbocycles. The number of methoxy groups -OCH3 is 1.